The van der Waals surface area contributed by atoms with E-state index in [1.165, 1.54) is 5.56 Å². The Hall–Kier alpha value is -1.92. The smallest absolute Gasteiger partial charge is 0.164 e. The zero-order valence-corrected chi connectivity index (χ0v) is 13.5. The SMILES string of the molecule is CNc1cc(NC2CNCC2OC)nc2nc(C)cc(C)c12. The molecule has 3 rings (SSSR count). The Balaban J connectivity index is 2.00. The molecule has 3 N–H and O–H groups in total. The van der Waals surface area contributed by atoms with Crippen molar-refractivity contribution in [1.82, 2.24) is 15.3 Å². The Morgan fingerprint density at radius 2 is 2.05 bits per heavy atom. The normalized spacial score (nSPS) is 21.3. The fraction of sp³-hybridized carbons (Fsp3) is 0.500. The minimum atomic E-state index is 0.155. The molecule has 1 aliphatic rings. The average Bonchev–Trinajstić information content (AvgIpc) is 2.92. The maximum absolute atomic E-state index is 5.49. The highest BCUT2D eigenvalue weighted by molar-refractivity contribution is 5.93. The summed E-state index contributed by atoms with van der Waals surface area (Å²) < 4.78 is 5.49. The number of aromatic nitrogens is 2. The van der Waals surface area contributed by atoms with Crippen LogP contribution in [0.25, 0.3) is 11.0 Å². The summed E-state index contributed by atoms with van der Waals surface area (Å²) in [5.74, 6) is 0.824. The van der Waals surface area contributed by atoms with Crippen molar-refractivity contribution >= 4 is 22.5 Å². The van der Waals surface area contributed by atoms with E-state index in [0.717, 1.165) is 41.3 Å². The zero-order valence-electron chi connectivity index (χ0n) is 13.5. The van der Waals surface area contributed by atoms with Crippen molar-refractivity contribution in [1.29, 1.82) is 0 Å². The van der Waals surface area contributed by atoms with Gasteiger partial charge in [-0.05, 0) is 25.5 Å². The van der Waals surface area contributed by atoms with E-state index in [4.69, 9.17) is 9.72 Å². The molecule has 0 spiro atoms. The summed E-state index contributed by atoms with van der Waals surface area (Å²) in [5.41, 5.74) is 3.97. The first-order valence-corrected chi connectivity index (χ1v) is 7.59. The van der Waals surface area contributed by atoms with Gasteiger partial charge in [0.2, 0.25) is 0 Å². The number of nitrogens with one attached hydrogen (secondary N) is 3. The molecule has 6 nitrogen and oxygen atoms in total. The van der Waals surface area contributed by atoms with Crippen molar-refractivity contribution in [3.8, 4) is 0 Å². The van der Waals surface area contributed by atoms with E-state index in [0.29, 0.717) is 0 Å². The fourth-order valence-electron chi connectivity index (χ4n) is 3.09. The first kappa shape index (κ1) is 15.0. The van der Waals surface area contributed by atoms with Crippen molar-refractivity contribution in [3.63, 3.8) is 0 Å². The van der Waals surface area contributed by atoms with Crippen LogP contribution in [0.3, 0.4) is 0 Å². The van der Waals surface area contributed by atoms with Crippen LogP contribution in [-0.4, -0.2) is 49.4 Å². The molecule has 0 aromatic carbocycles. The summed E-state index contributed by atoms with van der Waals surface area (Å²) in [6, 6.07) is 4.34. The lowest BCUT2D eigenvalue weighted by Crippen LogP contribution is -2.33. The van der Waals surface area contributed by atoms with Crippen molar-refractivity contribution in [2.45, 2.75) is 26.0 Å². The van der Waals surface area contributed by atoms with Gasteiger partial charge in [-0.1, -0.05) is 0 Å². The van der Waals surface area contributed by atoms with Gasteiger partial charge in [0, 0.05) is 50.1 Å². The Morgan fingerprint density at radius 1 is 1.23 bits per heavy atom. The lowest BCUT2D eigenvalue weighted by Gasteiger charge is -2.20. The first-order chi connectivity index (χ1) is 10.6. The van der Waals surface area contributed by atoms with Crippen molar-refractivity contribution in [3.05, 3.63) is 23.4 Å². The number of ether oxygens (including phenoxy) is 1. The highest BCUT2D eigenvalue weighted by atomic mass is 16.5. The minimum absolute atomic E-state index is 0.155. The number of hydrogen-bond acceptors (Lipinski definition) is 6. The van der Waals surface area contributed by atoms with Gasteiger partial charge < -0.3 is 20.7 Å². The van der Waals surface area contributed by atoms with Gasteiger partial charge in [-0.15, -0.1) is 0 Å². The van der Waals surface area contributed by atoms with Gasteiger partial charge >= 0.3 is 0 Å². The summed E-state index contributed by atoms with van der Waals surface area (Å²) in [6.07, 6.45) is 0.155. The number of methoxy groups -OCH3 is 1. The van der Waals surface area contributed by atoms with Gasteiger partial charge in [0.25, 0.3) is 0 Å². The number of aryl methyl sites for hydroxylation is 2. The Labute approximate surface area is 130 Å². The number of rotatable bonds is 4. The Bertz CT molecular complexity index is 688. The maximum atomic E-state index is 5.49. The summed E-state index contributed by atoms with van der Waals surface area (Å²) in [6.45, 7) is 5.81. The van der Waals surface area contributed by atoms with E-state index in [1.807, 2.05) is 20.0 Å². The largest absolute Gasteiger partial charge is 0.387 e. The van der Waals surface area contributed by atoms with Gasteiger partial charge in [0.15, 0.2) is 5.65 Å². The lowest BCUT2D eigenvalue weighted by molar-refractivity contribution is 0.111. The second-order valence-corrected chi connectivity index (χ2v) is 5.77. The molecule has 0 radical (unpaired) electrons. The molecule has 3 heterocycles. The molecule has 2 unspecified atom stereocenters. The van der Waals surface area contributed by atoms with Gasteiger partial charge in [-0.25, -0.2) is 9.97 Å². The lowest BCUT2D eigenvalue weighted by atomic mass is 10.1. The van der Waals surface area contributed by atoms with Crippen molar-refractivity contribution in [2.24, 2.45) is 0 Å². The topological polar surface area (TPSA) is 71.1 Å². The Kier molecular flexibility index (Phi) is 4.13. The standard InChI is InChI=1S/C16H23N5O/c1-9-5-10(2)19-16-15(9)11(17-3)6-14(21-16)20-12-7-18-8-13(12)22-4/h5-6,12-13,18H,7-8H2,1-4H3,(H2,17,19,20,21). The molecule has 1 saturated heterocycles. The minimum Gasteiger partial charge on any atom is -0.387 e. The molecule has 1 fully saturated rings. The molecule has 0 aliphatic carbocycles. The summed E-state index contributed by atoms with van der Waals surface area (Å²) in [7, 11) is 3.67. The third kappa shape index (κ3) is 2.71. The predicted molar refractivity (Wildman–Crippen MR) is 89.6 cm³/mol. The fourth-order valence-corrected chi connectivity index (χ4v) is 3.09. The third-order valence-corrected chi connectivity index (χ3v) is 4.17. The maximum Gasteiger partial charge on any atom is 0.164 e. The van der Waals surface area contributed by atoms with Crippen LogP contribution >= 0.6 is 0 Å². The zero-order chi connectivity index (χ0) is 15.7. The Morgan fingerprint density at radius 3 is 2.77 bits per heavy atom. The first-order valence-electron chi connectivity index (χ1n) is 7.59. The number of anilines is 2. The molecule has 0 saturated carbocycles. The van der Waals surface area contributed by atoms with Gasteiger partial charge in [-0.3, -0.25) is 0 Å². The second-order valence-electron chi connectivity index (χ2n) is 5.77. The van der Waals surface area contributed by atoms with Crippen molar-refractivity contribution < 1.29 is 4.74 Å². The number of pyridine rings is 2. The highest BCUT2D eigenvalue weighted by Gasteiger charge is 2.27. The molecular weight excluding hydrogens is 278 g/mol. The van der Waals surface area contributed by atoms with E-state index >= 15 is 0 Å². The van der Waals surface area contributed by atoms with E-state index in [2.05, 4.69) is 33.9 Å². The van der Waals surface area contributed by atoms with Crippen LogP contribution in [0.1, 0.15) is 11.3 Å². The molecule has 1 aliphatic heterocycles. The van der Waals surface area contributed by atoms with Crippen LogP contribution in [0.2, 0.25) is 0 Å². The number of nitrogens with zero attached hydrogens (tertiary/aromatic N) is 2. The second kappa shape index (κ2) is 6.06. The van der Waals surface area contributed by atoms with E-state index in [9.17, 15) is 0 Å². The molecule has 0 amide bonds. The van der Waals surface area contributed by atoms with E-state index in [1.54, 1.807) is 7.11 Å². The summed E-state index contributed by atoms with van der Waals surface area (Å²) >= 11 is 0. The van der Waals surface area contributed by atoms with E-state index < -0.39 is 0 Å². The molecule has 2 atom stereocenters. The van der Waals surface area contributed by atoms with Crippen molar-refractivity contribution in [2.75, 3.05) is 37.9 Å². The van der Waals surface area contributed by atoms with E-state index in [-0.39, 0.29) is 12.1 Å². The van der Waals surface area contributed by atoms with Crippen LogP contribution in [-0.2, 0) is 4.74 Å². The number of fused-ring (bicyclic) bond motifs is 1. The van der Waals surface area contributed by atoms with Crippen LogP contribution in [0, 0.1) is 13.8 Å². The third-order valence-electron chi connectivity index (χ3n) is 4.17. The number of hydrogen-bond donors (Lipinski definition) is 3. The molecule has 22 heavy (non-hydrogen) atoms. The monoisotopic (exact) mass is 301 g/mol. The quantitative estimate of drug-likeness (QED) is 0.798. The highest BCUT2D eigenvalue weighted by Crippen LogP contribution is 2.28. The van der Waals surface area contributed by atoms with Crippen LogP contribution < -0.4 is 16.0 Å². The van der Waals surface area contributed by atoms with Gasteiger partial charge in [0.05, 0.1) is 12.1 Å². The predicted octanol–water partition coefficient (Wildman–Crippen LogP) is 1.69. The molecule has 0 bridgehead atoms. The van der Waals surface area contributed by atoms with Gasteiger partial charge in [0.1, 0.15) is 5.82 Å². The molecule has 2 aromatic rings. The molecule has 6 heteroatoms. The van der Waals surface area contributed by atoms with Gasteiger partial charge in [-0.2, -0.15) is 0 Å². The molecule has 118 valence electrons. The summed E-state index contributed by atoms with van der Waals surface area (Å²) in [5, 5.41) is 11.1. The summed E-state index contributed by atoms with van der Waals surface area (Å²) in [4.78, 5) is 9.27. The molecular formula is C16H23N5O. The van der Waals surface area contributed by atoms with Crippen LogP contribution in [0.5, 0.6) is 0 Å². The molecule has 2 aromatic heterocycles. The van der Waals surface area contributed by atoms with Crippen LogP contribution in [0.15, 0.2) is 12.1 Å². The van der Waals surface area contributed by atoms with Crippen LogP contribution in [0.4, 0.5) is 11.5 Å². The average molecular weight is 301 g/mol.